The van der Waals surface area contributed by atoms with Gasteiger partial charge in [0.2, 0.25) is 0 Å². The number of carbonyl (C=O) groups is 2. The van der Waals surface area contributed by atoms with Gasteiger partial charge in [0, 0.05) is 18.8 Å². The van der Waals surface area contributed by atoms with E-state index in [9.17, 15) is 9.59 Å². The average molecular weight is 237 g/mol. The van der Waals surface area contributed by atoms with Crippen LogP contribution in [0.5, 0.6) is 0 Å². The van der Waals surface area contributed by atoms with Gasteiger partial charge in [-0.3, -0.25) is 9.59 Å². The van der Waals surface area contributed by atoms with Crippen LogP contribution >= 0.6 is 0 Å². The van der Waals surface area contributed by atoms with Gasteiger partial charge in [0.15, 0.2) is 6.29 Å². The van der Waals surface area contributed by atoms with Crippen molar-refractivity contribution >= 4 is 12.2 Å². The molecule has 1 aromatic heterocycles. The fourth-order valence-electron chi connectivity index (χ4n) is 1.76. The van der Waals surface area contributed by atoms with E-state index in [1.807, 2.05) is 6.92 Å². The van der Waals surface area contributed by atoms with E-state index in [1.54, 1.807) is 13.8 Å². The summed E-state index contributed by atoms with van der Waals surface area (Å²) in [7, 11) is 0. The molecule has 5 nitrogen and oxygen atoms in total. The molecule has 94 valence electrons. The summed E-state index contributed by atoms with van der Waals surface area (Å²) in [5.41, 5.74) is 2.48. The molecule has 5 heteroatoms. The standard InChI is InChI=1S/C12H19N3O2/c1-4-13-5-6-14-12(17)11-8(2)10(7-16)15-9(11)3/h7,13,15H,4-6H2,1-3H3,(H,14,17). The molecule has 0 unspecified atom stereocenters. The van der Waals surface area contributed by atoms with Crippen LogP contribution in [0.25, 0.3) is 0 Å². The SMILES string of the molecule is CCNCCNC(=O)c1c(C)[nH]c(C=O)c1C. The largest absolute Gasteiger partial charge is 0.356 e. The first kappa shape index (κ1) is 13.4. The summed E-state index contributed by atoms with van der Waals surface area (Å²) < 4.78 is 0. The molecule has 0 saturated carbocycles. The Morgan fingerprint density at radius 1 is 1.35 bits per heavy atom. The lowest BCUT2D eigenvalue weighted by molar-refractivity contribution is 0.0953. The molecule has 1 amide bonds. The van der Waals surface area contributed by atoms with E-state index in [4.69, 9.17) is 0 Å². The van der Waals surface area contributed by atoms with E-state index in [0.717, 1.165) is 25.1 Å². The summed E-state index contributed by atoms with van der Waals surface area (Å²) in [5, 5.41) is 5.94. The van der Waals surface area contributed by atoms with Gasteiger partial charge in [-0.1, -0.05) is 6.92 Å². The molecule has 1 rings (SSSR count). The van der Waals surface area contributed by atoms with Gasteiger partial charge in [-0.05, 0) is 26.0 Å². The third kappa shape index (κ3) is 3.17. The van der Waals surface area contributed by atoms with Crippen LogP contribution in [-0.4, -0.2) is 36.8 Å². The van der Waals surface area contributed by atoms with Gasteiger partial charge in [-0.2, -0.15) is 0 Å². The van der Waals surface area contributed by atoms with Crippen LogP contribution in [0.3, 0.4) is 0 Å². The van der Waals surface area contributed by atoms with Crippen molar-refractivity contribution in [3.05, 3.63) is 22.5 Å². The zero-order valence-electron chi connectivity index (χ0n) is 10.5. The highest BCUT2D eigenvalue weighted by atomic mass is 16.1. The number of hydrogen-bond donors (Lipinski definition) is 3. The molecule has 0 atom stereocenters. The summed E-state index contributed by atoms with van der Waals surface area (Å²) in [6.45, 7) is 7.77. The van der Waals surface area contributed by atoms with Gasteiger partial charge in [0.05, 0.1) is 11.3 Å². The van der Waals surface area contributed by atoms with Crippen molar-refractivity contribution in [2.24, 2.45) is 0 Å². The lowest BCUT2D eigenvalue weighted by Gasteiger charge is -2.06. The predicted molar refractivity (Wildman–Crippen MR) is 66.5 cm³/mol. The van der Waals surface area contributed by atoms with Crippen LogP contribution in [0.2, 0.25) is 0 Å². The molecule has 0 aliphatic heterocycles. The quantitative estimate of drug-likeness (QED) is 0.505. The van der Waals surface area contributed by atoms with Crippen molar-refractivity contribution in [2.75, 3.05) is 19.6 Å². The van der Waals surface area contributed by atoms with Gasteiger partial charge < -0.3 is 15.6 Å². The van der Waals surface area contributed by atoms with E-state index in [1.165, 1.54) is 0 Å². The number of aromatic amines is 1. The maximum absolute atomic E-state index is 11.9. The lowest BCUT2D eigenvalue weighted by Crippen LogP contribution is -2.32. The Labute approximate surface area is 101 Å². The maximum atomic E-state index is 11.9. The van der Waals surface area contributed by atoms with Crippen molar-refractivity contribution in [1.82, 2.24) is 15.6 Å². The van der Waals surface area contributed by atoms with Crippen LogP contribution in [0, 0.1) is 13.8 Å². The number of H-pyrrole nitrogens is 1. The molecular formula is C12H19N3O2. The van der Waals surface area contributed by atoms with Gasteiger partial charge in [-0.15, -0.1) is 0 Å². The molecule has 0 fully saturated rings. The molecular weight excluding hydrogens is 218 g/mol. The summed E-state index contributed by atoms with van der Waals surface area (Å²) >= 11 is 0. The highest BCUT2D eigenvalue weighted by Gasteiger charge is 2.17. The number of aryl methyl sites for hydroxylation is 1. The van der Waals surface area contributed by atoms with Crippen LogP contribution in [0.4, 0.5) is 0 Å². The first-order valence-electron chi connectivity index (χ1n) is 5.75. The fourth-order valence-corrected chi connectivity index (χ4v) is 1.76. The highest BCUT2D eigenvalue weighted by molar-refractivity contribution is 5.99. The average Bonchev–Trinajstić information content (AvgIpc) is 2.59. The predicted octanol–water partition coefficient (Wildman–Crippen LogP) is 0.783. The Balaban J connectivity index is 2.68. The summed E-state index contributed by atoms with van der Waals surface area (Å²) in [5.74, 6) is -0.137. The second-order valence-corrected chi connectivity index (χ2v) is 3.89. The van der Waals surface area contributed by atoms with Crippen LogP contribution in [-0.2, 0) is 0 Å². The van der Waals surface area contributed by atoms with Crippen molar-refractivity contribution < 1.29 is 9.59 Å². The molecule has 0 spiro atoms. The molecule has 17 heavy (non-hydrogen) atoms. The molecule has 0 aromatic carbocycles. The lowest BCUT2D eigenvalue weighted by atomic mass is 10.1. The smallest absolute Gasteiger partial charge is 0.253 e. The zero-order chi connectivity index (χ0) is 12.8. The molecule has 0 saturated heterocycles. The molecule has 0 bridgehead atoms. The molecule has 0 aliphatic carbocycles. The van der Waals surface area contributed by atoms with E-state index in [0.29, 0.717) is 23.4 Å². The second-order valence-electron chi connectivity index (χ2n) is 3.89. The molecule has 3 N–H and O–H groups in total. The molecule has 1 aromatic rings. The zero-order valence-corrected chi connectivity index (χ0v) is 10.5. The highest BCUT2D eigenvalue weighted by Crippen LogP contribution is 2.15. The van der Waals surface area contributed by atoms with E-state index < -0.39 is 0 Å². The first-order chi connectivity index (χ1) is 8.11. The monoisotopic (exact) mass is 237 g/mol. The number of nitrogens with one attached hydrogen (secondary N) is 3. The fraction of sp³-hybridized carbons (Fsp3) is 0.500. The van der Waals surface area contributed by atoms with Crippen molar-refractivity contribution in [3.63, 3.8) is 0 Å². The third-order valence-corrected chi connectivity index (χ3v) is 2.66. The van der Waals surface area contributed by atoms with E-state index in [-0.39, 0.29) is 5.91 Å². The van der Waals surface area contributed by atoms with Crippen LogP contribution < -0.4 is 10.6 Å². The van der Waals surface area contributed by atoms with Crippen LogP contribution in [0.1, 0.15) is 39.0 Å². The molecule has 0 aliphatic rings. The van der Waals surface area contributed by atoms with Crippen molar-refractivity contribution in [3.8, 4) is 0 Å². The number of amides is 1. The number of likely N-dealkylation sites (N-methyl/N-ethyl adjacent to an activating group) is 1. The van der Waals surface area contributed by atoms with Crippen molar-refractivity contribution in [1.29, 1.82) is 0 Å². The van der Waals surface area contributed by atoms with Crippen molar-refractivity contribution in [2.45, 2.75) is 20.8 Å². The van der Waals surface area contributed by atoms with Gasteiger partial charge in [0.1, 0.15) is 0 Å². The number of rotatable bonds is 6. The Bertz CT molecular complexity index is 410. The summed E-state index contributed by atoms with van der Waals surface area (Å²) in [4.78, 5) is 25.5. The topological polar surface area (TPSA) is 74.0 Å². The Morgan fingerprint density at radius 3 is 2.59 bits per heavy atom. The minimum Gasteiger partial charge on any atom is -0.356 e. The maximum Gasteiger partial charge on any atom is 0.253 e. The number of carbonyl (C=O) groups excluding carboxylic acids is 2. The first-order valence-corrected chi connectivity index (χ1v) is 5.75. The van der Waals surface area contributed by atoms with E-state index >= 15 is 0 Å². The van der Waals surface area contributed by atoms with Gasteiger partial charge >= 0.3 is 0 Å². The normalized spacial score (nSPS) is 10.3. The van der Waals surface area contributed by atoms with E-state index in [2.05, 4.69) is 15.6 Å². The Morgan fingerprint density at radius 2 is 2.06 bits per heavy atom. The minimum atomic E-state index is -0.137. The van der Waals surface area contributed by atoms with Crippen LogP contribution in [0.15, 0.2) is 0 Å². The Kier molecular flexibility index (Phi) is 4.90. The van der Waals surface area contributed by atoms with Gasteiger partial charge in [-0.25, -0.2) is 0 Å². The third-order valence-electron chi connectivity index (χ3n) is 2.66. The van der Waals surface area contributed by atoms with Gasteiger partial charge in [0.25, 0.3) is 5.91 Å². The number of hydrogen-bond acceptors (Lipinski definition) is 3. The Hall–Kier alpha value is -1.62. The minimum absolute atomic E-state index is 0.137. The molecule has 0 radical (unpaired) electrons. The second kappa shape index (κ2) is 6.20. The summed E-state index contributed by atoms with van der Waals surface area (Å²) in [6, 6.07) is 0. The summed E-state index contributed by atoms with van der Waals surface area (Å²) in [6.07, 6.45) is 0.734. The number of aromatic nitrogens is 1. The molecule has 1 heterocycles. The number of aldehydes is 1.